The average Bonchev–Trinajstić information content (AvgIpc) is 3.40. The van der Waals surface area contributed by atoms with Crippen molar-refractivity contribution in [2.24, 2.45) is 0 Å². The quantitative estimate of drug-likeness (QED) is 0.575. The molecule has 1 atom stereocenters. The van der Waals surface area contributed by atoms with Gasteiger partial charge < -0.3 is 4.90 Å². The number of thiazole rings is 1. The van der Waals surface area contributed by atoms with E-state index in [-0.39, 0.29) is 16.8 Å². The highest BCUT2D eigenvalue weighted by atomic mass is 35.5. The van der Waals surface area contributed by atoms with Gasteiger partial charge in [0.2, 0.25) is 0 Å². The molecule has 0 aliphatic carbocycles. The zero-order chi connectivity index (χ0) is 21.1. The van der Waals surface area contributed by atoms with Crippen LogP contribution in [0.25, 0.3) is 0 Å². The van der Waals surface area contributed by atoms with Crippen molar-refractivity contribution in [3.05, 3.63) is 64.1 Å². The lowest BCUT2D eigenvalue weighted by atomic mass is 10.2. The smallest absolute Gasteiger partial charge is 0.264 e. The number of pyridine rings is 1. The Balaban J connectivity index is 1.44. The van der Waals surface area contributed by atoms with Crippen LogP contribution in [0.3, 0.4) is 0 Å². The van der Waals surface area contributed by atoms with Gasteiger partial charge in [-0.3, -0.25) is 9.62 Å². The molecule has 3 heterocycles. The largest absolute Gasteiger partial charge is 0.354 e. The number of likely N-dealkylation sites (N-methyl/N-ethyl adjacent to an activating group) is 1. The van der Waals surface area contributed by atoms with Gasteiger partial charge in [0.15, 0.2) is 5.82 Å². The molecule has 0 unspecified atom stereocenters. The fourth-order valence-electron chi connectivity index (χ4n) is 3.57. The number of hydrogen-bond acceptors (Lipinski definition) is 7. The molecule has 1 fully saturated rings. The number of rotatable bonds is 7. The second kappa shape index (κ2) is 8.89. The van der Waals surface area contributed by atoms with Gasteiger partial charge in [-0.05, 0) is 18.1 Å². The fraction of sp³-hybridized carbons (Fsp3) is 0.300. The number of sulfonamides is 1. The number of benzene rings is 1. The van der Waals surface area contributed by atoms with E-state index in [1.165, 1.54) is 29.2 Å². The van der Waals surface area contributed by atoms with Crippen LogP contribution in [-0.2, 0) is 16.6 Å². The maximum Gasteiger partial charge on any atom is 0.264 e. The molecular formula is C20H22ClN5O2S2. The van der Waals surface area contributed by atoms with E-state index in [0.29, 0.717) is 10.8 Å². The Kier molecular flexibility index (Phi) is 6.24. The maximum absolute atomic E-state index is 12.5. The number of anilines is 2. The van der Waals surface area contributed by atoms with Crippen LogP contribution in [0, 0.1) is 0 Å². The van der Waals surface area contributed by atoms with Crippen LogP contribution in [0.1, 0.15) is 12.0 Å². The fourth-order valence-corrected chi connectivity index (χ4v) is 5.46. The van der Waals surface area contributed by atoms with Gasteiger partial charge in [0, 0.05) is 44.3 Å². The molecule has 0 saturated carbocycles. The minimum atomic E-state index is -3.79. The van der Waals surface area contributed by atoms with Gasteiger partial charge in [-0.1, -0.05) is 41.9 Å². The van der Waals surface area contributed by atoms with Crippen molar-refractivity contribution in [1.29, 1.82) is 0 Å². The number of likely N-dealkylation sites (tertiary alicyclic amines) is 1. The number of hydrogen-bond donors (Lipinski definition) is 1. The average molecular weight is 464 g/mol. The first-order valence-electron chi connectivity index (χ1n) is 9.48. The van der Waals surface area contributed by atoms with Crippen molar-refractivity contribution >= 4 is 44.6 Å². The molecule has 2 aromatic heterocycles. The van der Waals surface area contributed by atoms with Crippen LogP contribution in [0.15, 0.2) is 58.4 Å². The Labute approximate surface area is 185 Å². The molecule has 1 aromatic carbocycles. The summed E-state index contributed by atoms with van der Waals surface area (Å²) in [5.74, 6) is 0.859. The summed E-state index contributed by atoms with van der Waals surface area (Å²) in [5.41, 5.74) is 2.85. The summed E-state index contributed by atoms with van der Waals surface area (Å²) in [6.07, 6.45) is 2.33. The Bertz CT molecular complexity index is 1090. The minimum absolute atomic E-state index is 0.00905. The van der Waals surface area contributed by atoms with E-state index in [0.717, 1.165) is 26.1 Å². The molecule has 3 aromatic rings. The molecule has 0 radical (unpaired) electrons. The Morgan fingerprint density at radius 3 is 2.80 bits per heavy atom. The summed E-state index contributed by atoms with van der Waals surface area (Å²) in [6.45, 7) is 2.80. The van der Waals surface area contributed by atoms with Crippen LogP contribution in [0.5, 0.6) is 0 Å². The van der Waals surface area contributed by atoms with E-state index in [1.54, 1.807) is 10.9 Å². The van der Waals surface area contributed by atoms with Crippen LogP contribution >= 0.6 is 22.9 Å². The molecule has 1 saturated heterocycles. The molecule has 0 amide bonds. The van der Waals surface area contributed by atoms with Crippen molar-refractivity contribution in [3.63, 3.8) is 0 Å². The van der Waals surface area contributed by atoms with Gasteiger partial charge in [-0.25, -0.2) is 18.4 Å². The van der Waals surface area contributed by atoms with E-state index in [4.69, 9.17) is 11.6 Å². The molecule has 30 heavy (non-hydrogen) atoms. The summed E-state index contributed by atoms with van der Waals surface area (Å²) in [7, 11) is -1.84. The van der Waals surface area contributed by atoms with E-state index in [2.05, 4.69) is 43.9 Å². The first-order valence-corrected chi connectivity index (χ1v) is 12.3. The van der Waals surface area contributed by atoms with Gasteiger partial charge in [0.05, 0.1) is 10.5 Å². The number of nitrogens with one attached hydrogen (secondary N) is 1. The van der Waals surface area contributed by atoms with Crippen LogP contribution in [0.4, 0.5) is 11.6 Å². The van der Waals surface area contributed by atoms with E-state index in [9.17, 15) is 8.42 Å². The summed E-state index contributed by atoms with van der Waals surface area (Å²) < 4.78 is 27.5. The van der Waals surface area contributed by atoms with Crippen LogP contribution in [-0.4, -0.2) is 49.5 Å². The Hall–Kier alpha value is -2.20. The standard InChI is InChI=1S/C20H22ClN5O2S2/c1-25(16-7-8-26(12-16)11-15-5-3-2-4-6-15)20-18(21)9-17(10-22-20)30(27,28)24-19-13-29-14-23-19/h2-6,9-10,13-14,16,24H,7-8,11-12H2,1H3/t16-/m0/s1. The first kappa shape index (κ1) is 21.0. The molecule has 0 bridgehead atoms. The second-order valence-electron chi connectivity index (χ2n) is 7.23. The monoisotopic (exact) mass is 463 g/mol. The SMILES string of the molecule is CN(c1ncc(S(=O)(=O)Nc2cscn2)cc1Cl)[C@H]1CCN(Cc2ccccc2)C1. The normalized spacial score (nSPS) is 17.2. The molecule has 1 N–H and O–H groups in total. The molecule has 10 heteroatoms. The van der Waals surface area contributed by atoms with Gasteiger partial charge in [-0.2, -0.15) is 0 Å². The third kappa shape index (κ3) is 4.75. The first-order chi connectivity index (χ1) is 14.4. The third-order valence-electron chi connectivity index (χ3n) is 5.16. The Morgan fingerprint density at radius 1 is 1.30 bits per heavy atom. The topological polar surface area (TPSA) is 78.4 Å². The second-order valence-corrected chi connectivity index (χ2v) is 10.0. The molecule has 1 aliphatic rings. The summed E-state index contributed by atoms with van der Waals surface area (Å²) in [5, 5.41) is 1.93. The van der Waals surface area contributed by atoms with Crippen molar-refractivity contribution in [3.8, 4) is 0 Å². The number of halogens is 1. The lowest BCUT2D eigenvalue weighted by Crippen LogP contribution is -2.35. The maximum atomic E-state index is 12.5. The predicted molar refractivity (Wildman–Crippen MR) is 121 cm³/mol. The third-order valence-corrected chi connectivity index (χ3v) is 7.34. The molecule has 7 nitrogen and oxygen atoms in total. The highest BCUT2D eigenvalue weighted by Gasteiger charge is 2.28. The van der Waals surface area contributed by atoms with E-state index >= 15 is 0 Å². The van der Waals surface area contributed by atoms with Gasteiger partial charge >= 0.3 is 0 Å². The highest BCUT2D eigenvalue weighted by Crippen LogP contribution is 2.29. The zero-order valence-corrected chi connectivity index (χ0v) is 18.8. The highest BCUT2D eigenvalue weighted by molar-refractivity contribution is 7.92. The minimum Gasteiger partial charge on any atom is -0.354 e. The summed E-state index contributed by atoms with van der Waals surface area (Å²) in [4.78, 5) is 12.8. The summed E-state index contributed by atoms with van der Waals surface area (Å²) >= 11 is 7.74. The van der Waals surface area contributed by atoms with Gasteiger partial charge in [-0.15, -0.1) is 11.3 Å². The predicted octanol–water partition coefficient (Wildman–Crippen LogP) is 3.70. The van der Waals surface area contributed by atoms with Gasteiger partial charge in [0.1, 0.15) is 10.7 Å². The number of nitrogens with zero attached hydrogens (tertiary/aromatic N) is 4. The van der Waals surface area contributed by atoms with E-state index < -0.39 is 10.0 Å². The van der Waals surface area contributed by atoms with Crippen molar-refractivity contribution in [2.75, 3.05) is 29.8 Å². The van der Waals surface area contributed by atoms with Crippen molar-refractivity contribution < 1.29 is 8.42 Å². The molecule has 0 spiro atoms. The molecule has 4 rings (SSSR count). The molecule has 158 valence electrons. The zero-order valence-electron chi connectivity index (χ0n) is 16.4. The lowest BCUT2D eigenvalue weighted by Gasteiger charge is -2.27. The number of aromatic nitrogens is 2. The molecular weight excluding hydrogens is 442 g/mol. The van der Waals surface area contributed by atoms with Crippen molar-refractivity contribution in [2.45, 2.75) is 23.9 Å². The van der Waals surface area contributed by atoms with Crippen LogP contribution in [0.2, 0.25) is 5.02 Å². The van der Waals surface area contributed by atoms with E-state index in [1.807, 2.05) is 18.0 Å². The van der Waals surface area contributed by atoms with Crippen LogP contribution < -0.4 is 9.62 Å². The van der Waals surface area contributed by atoms with Crippen molar-refractivity contribution in [1.82, 2.24) is 14.9 Å². The van der Waals surface area contributed by atoms with Gasteiger partial charge in [0.25, 0.3) is 10.0 Å². The Morgan fingerprint density at radius 2 is 2.10 bits per heavy atom. The molecule has 1 aliphatic heterocycles. The lowest BCUT2D eigenvalue weighted by molar-refractivity contribution is 0.326. The summed E-state index contributed by atoms with van der Waals surface area (Å²) in [6, 6.07) is 12.1.